The molecule has 27 heavy (non-hydrogen) atoms. The van der Waals surface area contributed by atoms with E-state index >= 15 is 0 Å². The first-order valence-electron chi connectivity index (χ1n) is 8.49. The first-order valence-corrected chi connectivity index (χ1v) is 8.49. The Hall–Kier alpha value is -3.74. The van der Waals surface area contributed by atoms with Crippen LogP contribution in [0, 0.1) is 17.0 Å². The third-order valence-corrected chi connectivity index (χ3v) is 4.37. The molecule has 0 bridgehead atoms. The highest BCUT2D eigenvalue weighted by Gasteiger charge is 2.20. The quantitative estimate of drug-likeness (QED) is 0.424. The molecule has 0 saturated heterocycles. The Kier molecular flexibility index (Phi) is 4.25. The van der Waals surface area contributed by atoms with Crippen molar-refractivity contribution in [3.05, 3.63) is 94.0 Å². The van der Waals surface area contributed by atoms with Crippen LogP contribution in [0.3, 0.4) is 0 Å². The Labute approximate surface area is 155 Å². The summed E-state index contributed by atoms with van der Waals surface area (Å²) in [7, 11) is 0. The second-order valence-electron chi connectivity index (χ2n) is 6.29. The van der Waals surface area contributed by atoms with Crippen LogP contribution in [0.5, 0.6) is 0 Å². The first-order chi connectivity index (χ1) is 13.1. The van der Waals surface area contributed by atoms with Gasteiger partial charge in [0.15, 0.2) is 0 Å². The number of aromatic nitrogens is 3. The van der Waals surface area contributed by atoms with Crippen LogP contribution in [-0.2, 0) is 0 Å². The molecular formula is C20H17N5O2. The highest BCUT2D eigenvalue weighted by molar-refractivity contribution is 5.74. The number of rotatable bonds is 5. The van der Waals surface area contributed by atoms with Crippen molar-refractivity contribution < 1.29 is 4.92 Å². The van der Waals surface area contributed by atoms with Gasteiger partial charge >= 0.3 is 0 Å². The van der Waals surface area contributed by atoms with Crippen molar-refractivity contribution in [2.45, 2.75) is 13.1 Å². The molecule has 0 aliphatic heterocycles. The van der Waals surface area contributed by atoms with Crippen LogP contribution in [-0.4, -0.2) is 19.9 Å². The third kappa shape index (κ3) is 3.35. The molecule has 0 spiro atoms. The number of nitro groups is 1. The number of para-hydroxylation sites is 1. The second-order valence-corrected chi connectivity index (χ2v) is 6.29. The van der Waals surface area contributed by atoms with Gasteiger partial charge in [-0.15, -0.1) is 5.10 Å². The van der Waals surface area contributed by atoms with Gasteiger partial charge in [0.25, 0.3) is 5.69 Å². The molecule has 3 aromatic carbocycles. The lowest BCUT2D eigenvalue weighted by Crippen LogP contribution is -2.21. The van der Waals surface area contributed by atoms with Crippen LogP contribution in [0.15, 0.2) is 72.8 Å². The summed E-state index contributed by atoms with van der Waals surface area (Å²) in [5.74, 6) is 0. The van der Waals surface area contributed by atoms with E-state index in [1.165, 1.54) is 6.07 Å². The molecular weight excluding hydrogens is 342 g/mol. The molecule has 1 atom stereocenters. The van der Waals surface area contributed by atoms with Crippen molar-refractivity contribution in [3.8, 4) is 0 Å². The Morgan fingerprint density at radius 3 is 2.59 bits per heavy atom. The van der Waals surface area contributed by atoms with E-state index in [0.717, 1.165) is 27.8 Å². The van der Waals surface area contributed by atoms with Gasteiger partial charge in [-0.3, -0.25) is 10.1 Å². The number of anilines is 1. The van der Waals surface area contributed by atoms with E-state index in [-0.39, 0.29) is 5.69 Å². The molecule has 0 unspecified atom stereocenters. The first kappa shape index (κ1) is 16.7. The van der Waals surface area contributed by atoms with Crippen molar-refractivity contribution in [1.82, 2.24) is 15.0 Å². The van der Waals surface area contributed by atoms with Crippen LogP contribution in [0.2, 0.25) is 0 Å². The third-order valence-electron chi connectivity index (χ3n) is 4.37. The van der Waals surface area contributed by atoms with Crippen LogP contribution in [0.1, 0.15) is 17.3 Å². The fourth-order valence-corrected chi connectivity index (χ4v) is 2.98. The van der Waals surface area contributed by atoms with Gasteiger partial charge in [-0.2, -0.15) is 0 Å². The van der Waals surface area contributed by atoms with E-state index in [4.69, 9.17) is 0 Å². The molecule has 0 radical (unpaired) electrons. The number of nitrogens with one attached hydrogen (secondary N) is 1. The van der Waals surface area contributed by atoms with Crippen molar-refractivity contribution in [2.24, 2.45) is 0 Å². The van der Waals surface area contributed by atoms with Crippen LogP contribution < -0.4 is 5.32 Å². The van der Waals surface area contributed by atoms with E-state index in [1.54, 1.807) is 16.8 Å². The molecule has 7 nitrogen and oxygen atoms in total. The summed E-state index contributed by atoms with van der Waals surface area (Å²) in [6.07, 6.45) is -0.444. The van der Waals surface area contributed by atoms with E-state index < -0.39 is 11.1 Å². The van der Waals surface area contributed by atoms with Gasteiger partial charge < -0.3 is 5.32 Å². The Morgan fingerprint density at radius 1 is 1.04 bits per heavy atom. The molecule has 4 aromatic rings. The lowest BCUT2D eigenvalue weighted by Gasteiger charge is -2.21. The topological polar surface area (TPSA) is 85.9 Å². The van der Waals surface area contributed by atoms with Gasteiger partial charge in [0.1, 0.15) is 11.7 Å². The predicted molar refractivity (Wildman–Crippen MR) is 104 cm³/mol. The minimum absolute atomic E-state index is 0.0348. The number of benzene rings is 3. The van der Waals surface area contributed by atoms with E-state index in [0.29, 0.717) is 0 Å². The summed E-state index contributed by atoms with van der Waals surface area (Å²) in [6.45, 7) is 2.02. The second kappa shape index (κ2) is 6.87. The van der Waals surface area contributed by atoms with Gasteiger partial charge in [0.2, 0.25) is 0 Å². The molecule has 1 N–H and O–H groups in total. The molecule has 134 valence electrons. The molecule has 0 fully saturated rings. The van der Waals surface area contributed by atoms with Crippen molar-refractivity contribution >= 4 is 22.4 Å². The molecule has 0 amide bonds. The summed E-state index contributed by atoms with van der Waals surface area (Å²) >= 11 is 0. The Balaban J connectivity index is 1.83. The Bertz CT molecular complexity index is 1100. The summed E-state index contributed by atoms with van der Waals surface area (Å²) in [4.78, 5) is 10.8. The summed E-state index contributed by atoms with van der Waals surface area (Å²) < 4.78 is 1.74. The fraction of sp³-hybridized carbons (Fsp3) is 0.100. The molecule has 1 heterocycles. The van der Waals surface area contributed by atoms with Crippen molar-refractivity contribution in [1.29, 1.82) is 0 Å². The maximum Gasteiger partial charge on any atom is 0.269 e. The molecule has 0 saturated carbocycles. The van der Waals surface area contributed by atoms with Gasteiger partial charge in [0.05, 0.1) is 10.4 Å². The zero-order chi connectivity index (χ0) is 18.8. The highest BCUT2D eigenvalue weighted by Crippen LogP contribution is 2.27. The fourth-order valence-electron chi connectivity index (χ4n) is 2.98. The van der Waals surface area contributed by atoms with Gasteiger partial charge in [-0.05, 0) is 31.2 Å². The number of non-ortho nitro benzene ring substituents is 1. The van der Waals surface area contributed by atoms with Gasteiger partial charge in [0, 0.05) is 23.4 Å². The molecule has 4 rings (SSSR count). The van der Waals surface area contributed by atoms with Crippen LogP contribution in [0.4, 0.5) is 11.4 Å². The monoisotopic (exact) mass is 359 g/mol. The number of fused-ring (bicyclic) bond motifs is 1. The minimum atomic E-state index is -0.444. The standard InChI is InChI=1S/C20H17N5O2/c1-14-9-11-16(12-10-14)21-20(15-5-4-6-17(13-15)25(26)27)24-19-8-3-2-7-18(19)22-23-24/h2-13,20-21H,1H3/t20-/m0/s1. The largest absolute Gasteiger partial charge is 0.360 e. The summed E-state index contributed by atoms with van der Waals surface area (Å²) in [5, 5.41) is 23.2. The Morgan fingerprint density at radius 2 is 1.81 bits per heavy atom. The molecule has 0 aliphatic rings. The number of hydrogen-bond acceptors (Lipinski definition) is 5. The predicted octanol–water partition coefficient (Wildman–Crippen LogP) is 4.31. The normalized spacial score (nSPS) is 12.0. The van der Waals surface area contributed by atoms with Crippen LogP contribution in [0.25, 0.3) is 11.0 Å². The summed E-state index contributed by atoms with van der Waals surface area (Å²) in [5.41, 5.74) is 4.40. The number of aryl methyl sites for hydroxylation is 1. The van der Waals surface area contributed by atoms with E-state index in [1.807, 2.05) is 61.5 Å². The zero-order valence-electron chi connectivity index (χ0n) is 14.6. The maximum atomic E-state index is 11.2. The average Bonchev–Trinajstić information content (AvgIpc) is 3.11. The maximum absolute atomic E-state index is 11.2. The van der Waals surface area contributed by atoms with E-state index in [9.17, 15) is 10.1 Å². The summed E-state index contributed by atoms with van der Waals surface area (Å²) in [6, 6.07) is 22.1. The molecule has 7 heteroatoms. The number of nitro benzene ring substituents is 1. The minimum Gasteiger partial charge on any atom is -0.360 e. The average molecular weight is 359 g/mol. The van der Waals surface area contributed by atoms with Crippen molar-refractivity contribution in [3.63, 3.8) is 0 Å². The van der Waals surface area contributed by atoms with E-state index in [2.05, 4.69) is 15.6 Å². The number of hydrogen-bond donors (Lipinski definition) is 1. The molecule has 0 aliphatic carbocycles. The van der Waals surface area contributed by atoms with Crippen molar-refractivity contribution in [2.75, 3.05) is 5.32 Å². The van der Waals surface area contributed by atoms with Gasteiger partial charge in [-0.25, -0.2) is 4.68 Å². The smallest absolute Gasteiger partial charge is 0.269 e. The highest BCUT2D eigenvalue weighted by atomic mass is 16.6. The van der Waals surface area contributed by atoms with Gasteiger partial charge in [-0.1, -0.05) is 47.2 Å². The lowest BCUT2D eigenvalue weighted by atomic mass is 10.1. The lowest BCUT2D eigenvalue weighted by molar-refractivity contribution is -0.384. The van der Waals surface area contributed by atoms with Crippen LogP contribution >= 0.6 is 0 Å². The number of nitrogens with zero attached hydrogens (tertiary/aromatic N) is 4. The SMILES string of the molecule is Cc1ccc(N[C@H](c2cccc([N+](=O)[O-])c2)n2nnc3ccccc32)cc1. The molecule has 1 aromatic heterocycles. The zero-order valence-corrected chi connectivity index (χ0v) is 14.6.